The van der Waals surface area contributed by atoms with Crippen LogP contribution in [0.2, 0.25) is 0 Å². The van der Waals surface area contributed by atoms with E-state index in [4.69, 9.17) is 9.47 Å². The fourth-order valence-corrected chi connectivity index (χ4v) is 3.99. The molecule has 168 valence electrons. The Kier molecular flexibility index (Phi) is 15.3. The Labute approximate surface area is 192 Å². The lowest BCUT2D eigenvalue weighted by Gasteiger charge is -2.15. The van der Waals surface area contributed by atoms with Crippen LogP contribution in [0.25, 0.3) is 0 Å². The highest BCUT2D eigenvalue weighted by Crippen LogP contribution is 2.12. The maximum atomic E-state index is 12.2. The predicted octanol–water partition coefficient (Wildman–Crippen LogP) is 1.85. The van der Waals surface area contributed by atoms with E-state index < -0.39 is 10.0 Å². The van der Waals surface area contributed by atoms with Crippen LogP contribution in [0.3, 0.4) is 0 Å². The lowest BCUT2D eigenvalue weighted by Crippen LogP contribution is -2.38. The molecular weight excluding hydrogens is 507 g/mol. The van der Waals surface area contributed by atoms with Crippen molar-refractivity contribution in [2.45, 2.75) is 38.6 Å². The van der Waals surface area contributed by atoms with Crippen LogP contribution in [-0.2, 0) is 31.8 Å². The highest BCUT2D eigenvalue weighted by atomic mass is 127. The van der Waals surface area contributed by atoms with Crippen molar-refractivity contribution in [1.82, 2.24) is 15.4 Å². The predicted molar refractivity (Wildman–Crippen MR) is 128 cm³/mol. The Morgan fingerprint density at radius 2 is 1.79 bits per heavy atom. The van der Waals surface area contributed by atoms with Crippen LogP contribution in [-0.4, -0.2) is 60.9 Å². The minimum Gasteiger partial charge on any atom is -0.382 e. The molecule has 0 saturated carbocycles. The van der Waals surface area contributed by atoms with Crippen molar-refractivity contribution in [1.29, 1.82) is 0 Å². The number of halogens is 1. The van der Waals surface area contributed by atoms with Crippen molar-refractivity contribution in [2.75, 3.05) is 40.5 Å². The molecule has 3 N–H and O–H groups in total. The van der Waals surface area contributed by atoms with Gasteiger partial charge in [-0.15, -0.1) is 24.0 Å². The summed E-state index contributed by atoms with van der Waals surface area (Å²) in [5.74, 6) is 0.614. The standard InChI is InChI=1S/C19H34N4O4S.HI/c1-16(2)23-28(24,25)15-18-9-6-5-8-17(18)14-22-19(20-3)21-10-7-11-27-13-12-26-4;/h5-6,8-9,16,23H,7,10-15H2,1-4H3,(H2,20,21,22);1H. The number of aliphatic imine (C=N–C) groups is 1. The second-order valence-corrected chi connectivity index (χ2v) is 8.37. The van der Waals surface area contributed by atoms with Crippen LogP contribution in [0.1, 0.15) is 31.4 Å². The van der Waals surface area contributed by atoms with Gasteiger partial charge in [0.05, 0.1) is 19.0 Å². The number of nitrogens with one attached hydrogen (secondary N) is 3. The average molecular weight is 542 g/mol. The van der Waals surface area contributed by atoms with Gasteiger partial charge in [0.1, 0.15) is 0 Å². The molecule has 0 aliphatic rings. The molecule has 29 heavy (non-hydrogen) atoms. The Morgan fingerprint density at radius 3 is 2.41 bits per heavy atom. The molecule has 0 amide bonds. The number of rotatable bonds is 13. The number of benzene rings is 1. The van der Waals surface area contributed by atoms with Crippen molar-refractivity contribution in [3.8, 4) is 0 Å². The van der Waals surface area contributed by atoms with E-state index >= 15 is 0 Å². The first-order valence-electron chi connectivity index (χ1n) is 9.46. The largest absolute Gasteiger partial charge is 0.382 e. The maximum Gasteiger partial charge on any atom is 0.216 e. The van der Waals surface area contributed by atoms with Gasteiger partial charge in [0.15, 0.2) is 5.96 Å². The number of hydrogen-bond donors (Lipinski definition) is 3. The molecule has 0 unspecified atom stereocenters. The molecule has 0 atom stereocenters. The average Bonchev–Trinajstić information content (AvgIpc) is 2.63. The van der Waals surface area contributed by atoms with Crippen LogP contribution in [0.15, 0.2) is 29.3 Å². The molecule has 0 spiro atoms. The molecule has 0 saturated heterocycles. The van der Waals surface area contributed by atoms with Crippen LogP contribution < -0.4 is 15.4 Å². The van der Waals surface area contributed by atoms with Crippen molar-refractivity contribution in [3.63, 3.8) is 0 Å². The van der Waals surface area contributed by atoms with Gasteiger partial charge in [0.25, 0.3) is 0 Å². The summed E-state index contributed by atoms with van der Waals surface area (Å²) in [5.41, 5.74) is 1.69. The lowest BCUT2D eigenvalue weighted by atomic mass is 10.1. The first-order valence-corrected chi connectivity index (χ1v) is 11.1. The van der Waals surface area contributed by atoms with E-state index in [2.05, 4.69) is 20.3 Å². The number of methoxy groups -OCH3 is 1. The molecule has 0 aliphatic carbocycles. The van der Waals surface area contributed by atoms with E-state index in [9.17, 15) is 8.42 Å². The Balaban J connectivity index is 0.00000784. The van der Waals surface area contributed by atoms with Crippen molar-refractivity contribution < 1.29 is 17.9 Å². The lowest BCUT2D eigenvalue weighted by molar-refractivity contribution is 0.0698. The number of hydrogen-bond acceptors (Lipinski definition) is 5. The molecule has 0 radical (unpaired) electrons. The number of ether oxygens (including phenoxy) is 2. The summed E-state index contributed by atoms with van der Waals surface area (Å²) in [4.78, 5) is 4.20. The van der Waals surface area contributed by atoms with Gasteiger partial charge >= 0.3 is 0 Å². The van der Waals surface area contributed by atoms with E-state index in [1.807, 2.05) is 38.1 Å². The van der Waals surface area contributed by atoms with Gasteiger partial charge in [0.2, 0.25) is 10.0 Å². The summed E-state index contributed by atoms with van der Waals surface area (Å²) < 4.78 is 37.4. The smallest absolute Gasteiger partial charge is 0.216 e. The summed E-state index contributed by atoms with van der Waals surface area (Å²) in [6.07, 6.45) is 0.847. The monoisotopic (exact) mass is 542 g/mol. The van der Waals surface area contributed by atoms with Crippen LogP contribution in [0.4, 0.5) is 0 Å². The van der Waals surface area contributed by atoms with Crippen LogP contribution >= 0.6 is 24.0 Å². The van der Waals surface area contributed by atoms with Crippen molar-refractivity contribution in [3.05, 3.63) is 35.4 Å². The topological polar surface area (TPSA) is 101 Å². The molecule has 1 aromatic carbocycles. The van der Waals surface area contributed by atoms with Crippen LogP contribution in [0, 0.1) is 0 Å². The maximum absolute atomic E-state index is 12.2. The quantitative estimate of drug-likeness (QED) is 0.152. The van der Waals surface area contributed by atoms with Gasteiger partial charge in [-0.2, -0.15) is 0 Å². The second kappa shape index (κ2) is 15.8. The first kappa shape index (κ1) is 28.1. The summed E-state index contributed by atoms with van der Waals surface area (Å²) in [7, 11) is -0.0248. The van der Waals surface area contributed by atoms with Crippen LogP contribution in [0.5, 0.6) is 0 Å². The molecule has 0 fully saturated rings. The zero-order valence-corrected chi connectivity index (χ0v) is 20.9. The number of nitrogens with zero attached hydrogens (tertiary/aromatic N) is 1. The fraction of sp³-hybridized carbons (Fsp3) is 0.632. The summed E-state index contributed by atoms with van der Waals surface area (Å²) in [5, 5.41) is 6.45. The second-order valence-electron chi connectivity index (χ2n) is 6.61. The molecule has 10 heteroatoms. The van der Waals surface area contributed by atoms with Gasteiger partial charge in [-0.3, -0.25) is 4.99 Å². The van der Waals surface area contributed by atoms with Gasteiger partial charge in [-0.05, 0) is 31.4 Å². The minimum atomic E-state index is -3.37. The highest BCUT2D eigenvalue weighted by molar-refractivity contribution is 14.0. The Morgan fingerprint density at radius 1 is 1.10 bits per heavy atom. The number of sulfonamides is 1. The van der Waals surface area contributed by atoms with E-state index in [0.717, 1.165) is 24.1 Å². The minimum absolute atomic E-state index is 0. The van der Waals surface area contributed by atoms with E-state index in [0.29, 0.717) is 32.3 Å². The van der Waals surface area contributed by atoms with Crippen molar-refractivity contribution >= 4 is 40.0 Å². The summed E-state index contributed by atoms with van der Waals surface area (Å²) in [6, 6.07) is 7.38. The number of guanidine groups is 1. The molecular formula is C19H35IN4O4S. The third kappa shape index (κ3) is 13.1. The fourth-order valence-electron chi connectivity index (χ4n) is 2.50. The van der Waals surface area contributed by atoms with E-state index in [1.165, 1.54) is 0 Å². The third-order valence-corrected chi connectivity index (χ3v) is 5.26. The first-order chi connectivity index (χ1) is 13.4. The van der Waals surface area contributed by atoms with Gasteiger partial charge in [0, 0.05) is 39.9 Å². The van der Waals surface area contributed by atoms with E-state index in [1.54, 1.807) is 14.2 Å². The third-order valence-electron chi connectivity index (χ3n) is 3.74. The molecule has 1 aromatic rings. The molecule has 8 nitrogen and oxygen atoms in total. The molecule has 1 rings (SSSR count). The zero-order valence-electron chi connectivity index (χ0n) is 17.7. The Hall–Kier alpha value is -0.950. The molecule has 0 aromatic heterocycles. The van der Waals surface area contributed by atoms with Gasteiger partial charge in [-0.25, -0.2) is 13.1 Å². The SMILES string of the molecule is CN=C(NCCCOCCOC)NCc1ccccc1CS(=O)(=O)NC(C)C.I. The Bertz CT molecular complexity index is 699. The van der Waals surface area contributed by atoms with E-state index in [-0.39, 0.29) is 35.8 Å². The zero-order chi connectivity index (χ0) is 20.8. The summed E-state index contributed by atoms with van der Waals surface area (Å²) >= 11 is 0. The molecule has 0 bridgehead atoms. The molecule has 0 aliphatic heterocycles. The highest BCUT2D eigenvalue weighted by Gasteiger charge is 2.15. The van der Waals surface area contributed by atoms with Gasteiger partial charge < -0.3 is 20.1 Å². The van der Waals surface area contributed by atoms with Crippen molar-refractivity contribution in [2.24, 2.45) is 4.99 Å². The summed E-state index contributed by atoms with van der Waals surface area (Å²) in [6.45, 7) is 6.66. The van der Waals surface area contributed by atoms with Gasteiger partial charge in [-0.1, -0.05) is 24.3 Å². The molecule has 0 heterocycles. The normalized spacial score (nSPS) is 12.0.